The van der Waals surface area contributed by atoms with Crippen LogP contribution in [0, 0.1) is 0 Å². The van der Waals surface area contributed by atoms with Gasteiger partial charge in [-0.25, -0.2) is 4.52 Å². The highest BCUT2D eigenvalue weighted by Crippen LogP contribution is 2.33. The van der Waals surface area contributed by atoms with E-state index in [1.165, 1.54) is 32.3 Å². The number of pyridine rings is 2. The van der Waals surface area contributed by atoms with Gasteiger partial charge in [-0.15, -0.1) is 0 Å². The second-order valence-electron chi connectivity index (χ2n) is 6.41. The molecule has 0 aliphatic carbocycles. The van der Waals surface area contributed by atoms with Crippen molar-refractivity contribution in [2.24, 2.45) is 0 Å². The lowest BCUT2D eigenvalue weighted by Crippen LogP contribution is -1.94. The molecule has 6 rings (SSSR count). The van der Waals surface area contributed by atoms with Gasteiger partial charge in [-0.3, -0.25) is 4.98 Å². The van der Waals surface area contributed by atoms with E-state index in [1.54, 1.807) is 0 Å². The molecule has 0 fully saturated rings. The van der Waals surface area contributed by atoms with Gasteiger partial charge in [-0.2, -0.15) is 5.10 Å². The van der Waals surface area contributed by atoms with Gasteiger partial charge in [0.1, 0.15) is 0 Å². The van der Waals surface area contributed by atoms with E-state index in [-0.39, 0.29) is 0 Å². The first-order chi connectivity index (χ1) is 12.4. The van der Waals surface area contributed by atoms with E-state index < -0.39 is 0 Å². The summed E-state index contributed by atoms with van der Waals surface area (Å²) in [6.45, 7) is 0. The van der Waals surface area contributed by atoms with Crippen molar-refractivity contribution in [2.75, 3.05) is 0 Å². The molecule has 3 heteroatoms. The highest BCUT2D eigenvalue weighted by atomic mass is 15.2. The van der Waals surface area contributed by atoms with Crippen LogP contribution in [0.3, 0.4) is 0 Å². The number of rotatable bonds is 0. The number of hydrogen-bond donors (Lipinski definition) is 0. The highest BCUT2D eigenvalue weighted by Gasteiger charge is 2.11. The zero-order chi connectivity index (χ0) is 16.4. The maximum Gasteiger partial charge on any atom is 0.0966 e. The average molecular weight is 319 g/mol. The number of nitrogens with zero attached hydrogens (tertiary/aromatic N) is 3. The highest BCUT2D eigenvalue weighted by molar-refractivity contribution is 6.18. The molecule has 3 nitrogen and oxygen atoms in total. The quantitative estimate of drug-likeness (QED) is 0.279. The van der Waals surface area contributed by atoms with Gasteiger partial charge in [0, 0.05) is 17.0 Å². The first kappa shape index (κ1) is 12.9. The molecule has 0 saturated carbocycles. The van der Waals surface area contributed by atoms with E-state index in [0.717, 1.165) is 16.6 Å². The first-order valence-corrected chi connectivity index (χ1v) is 8.36. The van der Waals surface area contributed by atoms with E-state index in [0.29, 0.717) is 0 Å². The second kappa shape index (κ2) is 4.54. The van der Waals surface area contributed by atoms with Crippen molar-refractivity contribution in [2.45, 2.75) is 0 Å². The third-order valence-corrected chi connectivity index (χ3v) is 5.07. The minimum atomic E-state index is 0.993. The van der Waals surface area contributed by atoms with Crippen molar-refractivity contribution in [3.05, 3.63) is 79.1 Å². The summed E-state index contributed by atoms with van der Waals surface area (Å²) in [7, 11) is 0. The van der Waals surface area contributed by atoms with Crippen LogP contribution in [-0.2, 0) is 0 Å². The molecule has 3 aromatic heterocycles. The lowest BCUT2D eigenvalue weighted by molar-refractivity contribution is 1.01. The Labute approximate surface area is 143 Å². The van der Waals surface area contributed by atoms with Gasteiger partial charge >= 0.3 is 0 Å². The van der Waals surface area contributed by atoms with Crippen LogP contribution in [0.4, 0.5) is 0 Å². The summed E-state index contributed by atoms with van der Waals surface area (Å²) in [5.41, 5.74) is 3.15. The lowest BCUT2D eigenvalue weighted by atomic mass is 9.98. The summed E-state index contributed by atoms with van der Waals surface area (Å²) in [4.78, 5) is 4.60. The van der Waals surface area contributed by atoms with Gasteiger partial charge in [0.15, 0.2) is 0 Å². The minimum Gasteiger partial charge on any atom is -0.254 e. The summed E-state index contributed by atoms with van der Waals surface area (Å²) in [6.07, 6.45) is 3.69. The molecule has 0 spiro atoms. The van der Waals surface area contributed by atoms with Crippen LogP contribution >= 0.6 is 0 Å². The second-order valence-corrected chi connectivity index (χ2v) is 6.41. The number of hydrogen-bond acceptors (Lipinski definition) is 2. The van der Waals surface area contributed by atoms with Gasteiger partial charge in [0.2, 0.25) is 0 Å². The minimum absolute atomic E-state index is 0.993. The molecule has 3 aromatic carbocycles. The summed E-state index contributed by atoms with van der Waals surface area (Å²) < 4.78 is 2.01. The Morgan fingerprint density at radius 3 is 2.48 bits per heavy atom. The molecule has 0 saturated heterocycles. The molecule has 3 heterocycles. The van der Waals surface area contributed by atoms with Crippen molar-refractivity contribution in [3.8, 4) is 0 Å². The fraction of sp³-hybridized carbons (Fsp3) is 0. The fourth-order valence-electron chi connectivity index (χ4n) is 3.94. The smallest absolute Gasteiger partial charge is 0.0966 e. The number of fused-ring (bicyclic) bond motifs is 9. The predicted octanol–water partition coefficient (Wildman–Crippen LogP) is 5.34. The first-order valence-electron chi connectivity index (χ1n) is 8.36. The molecule has 0 atom stereocenters. The summed E-state index contributed by atoms with van der Waals surface area (Å²) in [5.74, 6) is 0. The summed E-state index contributed by atoms with van der Waals surface area (Å²) in [6, 6.07) is 23.6. The normalized spacial score (nSPS) is 12.0. The largest absolute Gasteiger partial charge is 0.254 e. The Kier molecular flexibility index (Phi) is 2.35. The summed E-state index contributed by atoms with van der Waals surface area (Å²) in [5, 5.41) is 11.9. The van der Waals surface area contributed by atoms with Crippen LogP contribution in [0.15, 0.2) is 79.1 Å². The maximum absolute atomic E-state index is 4.60. The Hall–Kier alpha value is -3.46. The molecule has 0 radical (unpaired) electrons. The van der Waals surface area contributed by atoms with Gasteiger partial charge in [-0.05, 0) is 45.8 Å². The third kappa shape index (κ3) is 1.64. The van der Waals surface area contributed by atoms with Crippen molar-refractivity contribution in [1.82, 2.24) is 14.6 Å². The molecular weight excluding hydrogens is 306 g/mol. The van der Waals surface area contributed by atoms with Gasteiger partial charge < -0.3 is 0 Å². The molecule has 0 unspecified atom stereocenters. The van der Waals surface area contributed by atoms with Crippen LogP contribution < -0.4 is 0 Å². The maximum atomic E-state index is 4.60. The molecule has 0 aliphatic rings. The molecule has 0 N–H and O–H groups in total. The van der Waals surface area contributed by atoms with E-state index in [4.69, 9.17) is 0 Å². The summed E-state index contributed by atoms with van der Waals surface area (Å²) >= 11 is 0. The fourth-order valence-corrected chi connectivity index (χ4v) is 3.94. The van der Waals surface area contributed by atoms with Gasteiger partial charge in [0.25, 0.3) is 0 Å². The lowest BCUT2D eigenvalue weighted by Gasteiger charge is -2.10. The van der Waals surface area contributed by atoms with Crippen LogP contribution in [0.2, 0.25) is 0 Å². The Bertz CT molecular complexity index is 1440. The van der Waals surface area contributed by atoms with Crippen LogP contribution in [0.5, 0.6) is 0 Å². The molecular formula is C22H13N3. The van der Waals surface area contributed by atoms with Crippen molar-refractivity contribution in [3.63, 3.8) is 0 Å². The zero-order valence-electron chi connectivity index (χ0n) is 13.3. The van der Waals surface area contributed by atoms with Crippen LogP contribution in [0.1, 0.15) is 0 Å². The standard InChI is InChI=1S/C22H13N3/c1-2-5-16-14(4-1)7-8-15-12-19-17-6-3-10-23-22(17)20-9-11-24-25(20)21(19)13-18(15)16/h1-13H. The Balaban J connectivity index is 1.95. The Morgan fingerprint density at radius 1 is 0.600 bits per heavy atom. The zero-order valence-corrected chi connectivity index (χ0v) is 13.3. The molecule has 6 aromatic rings. The molecule has 0 aliphatic heterocycles. The van der Waals surface area contributed by atoms with Crippen molar-refractivity contribution in [1.29, 1.82) is 0 Å². The number of aromatic nitrogens is 3. The van der Waals surface area contributed by atoms with E-state index in [1.807, 2.05) is 29.0 Å². The molecule has 116 valence electrons. The number of benzene rings is 3. The molecule has 0 amide bonds. The monoisotopic (exact) mass is 319 g/mol. The molecule has 25 heavy (non-hydrogen) atoms. The van der Waals surface area contributed by atoms with Crippen molar-refractivity contribution < 1.29 is 0 Å². The average Bonchev–Trinajstić information content (AvgIpc) is 3.17. The van der Waals surface area contributed by atoms with E-state index >= 15 is 0 Å². The van der Waals surface area contributed by atoms with Gasteiger partial charge in [-0.1, -0.05) is 42.5 Å². The third-order valence-electron chi connectivity index (χ3n) is 5.07. The van der Waals surface area contributed by atoms with Gasteiger partial charge in [0.05, 0.1) is 22.7 Å². The van der Waals surface area contributed by atoms with Crippen LogP contribution in [0.25, 0.3) is 48.9 Å². The SMILES string of the molecule is c1ccc2c(c1)ccc1cc3c4cccnc4c4ccnn4c3cc12. The van der Waals surface area contributed by atoms with E-state index in [9.17, 15) is 0 Å². The topological polar surface area (TPSA) is 30.2 Å². The Morgan fingerprint density at radius 2 is 1.48 bits per heavy atom. The van der Waals surface area contributed by atoms with Crippen LogP contribution in [-0.4, -0.2) is 14.6 Å². The van der Waals surface area contributed by atoms with Crippen molar-refractivity contribution >= 4 is 48.9 Å². The predicted molar refractivity (Wildman–Crippen MR) is 103 cm³/mol. The van der Waals surface area contributed by atoms with E-state index in [2.05, 4.69) is 64.7 Å². The molecule has 0 bridgehead atoms.